The fourth-order valence-corrected chi connectivity index (χ4v) is 3.58. The summed E-state index contributed by atoms with van der Waals surface area (Å²) in [5.41, 5.74) is 0.682. The van der Waals surface area contributed by atoms with Gasteiger partial charge in [-0.05, 0) is 38.8 Å². The molecule has 7 nitrogen and oxygen atoms in total. The Morgan fingerprint density at radius 2 is 1.84 bits per heavy atom. The van der Waals surface area contributed by atoms with Gasteiger partial charge in [-0.2, -0.15) is 0 Å². The Labute approximate surface area is 148 Å². The van der Waals surface area contributed by atoms with Crippen LogP contribution in [0.5, 0.6) is 0 Å². The van der Waals surface area contributed by atoms with Gasteiger partial charge in [0.2, 0.25) is 5.91 Å². The first-order chi connectivity index (χ1) is 12.0. The van der Waals surface area contributed by atoms with Gasteiger partial charge in [0.25, 0.3) is 0 Å². The molecule has 1 N–H and O–H groups in total. The summed E-state index contributed by atoms with van der Waals surface area (Å²) in [6, 6.07) is 3.46. The number of nitrogens with zero attached hydrogens (tertiary/aromatic N) is 3. The minimum absolute atomic E-state index is 0.0000537. The van der Waals surface area contributed by atoms with E-state index in [-0.39, 0.29) is 30.1 Å². The van der Waals surface area contributed by atoms with Gasteiger partial charge in [0.1, 0.15) is 0 Å². The lowest BCUT2D eigenvalue weighted by Crippen LogP contribution is -2.52. The van der Waals surface area contributed by atoms with Gasteiger partial charge in [-0.1, -0.05) is 0 Å². The molecule has 7 heteroatoms. The fraction of sp³-hybridized carbons (Fsp3) is 0.611. The number of ether oxygens (including phenoxy) is 1. The predicted molar refractivity (Wildman–Crippen MR) is 94.1 cm³/mol. The molecule has 136 valence electrons. The number of morpholine rings is 1. The van der Waals surface area contributed by atoms with Crippen molar-refractivity contribution < 1.29 is 14.3 Å². The van der Waals surface area contributed by atoms with E-state index in [1.807, 2.05) is 24.8 Å². The lowest BCUT2D eigenvalue weighted by atomic mass is 9.95. The maximum Gasteiger partial charge on any atom is 0.321 e. The van der Waals surface area contributed by atoms with Crippen LogP contribution in [0.25, 0.3) is 0 Å². The summed E-state index contributed by atoms with van der Waals surface area (Å²) in [4.78, 5) is 32.7. The number of carbonyl (C=O) groups excluding carboxylic acids is 2. The summed E-state index contributed by atoms with van der Waals surface area (Å²) in [6.45, 7) is 6.51. The van der Waals surface area contributed by atoms with Gasteiger partial charge in [-0.25, -0.2) is 4.79 Å². The lowest BCUT2D eigenvalue weighted by molar-refractivity contribution is -0.148. The van der Waals surface area contributed by atoms with Gasteiger partial charge >= 0.3 is 6.03 Å². The molecule has 1 aromatic rings. The molecule has 0 aliphatic carbocycles. The second kappa shape index (κ2) is 7.82. The largest absolute Gasteiger partial charge is 0.372 e. The van der Waals surface area contributed by atoms with E-state index >= 15 is 0 Å². The standard InChI is InChI=1S/C18H26N4O3/c1-13-11-22(12-14(2)25-13)17(23)15-5-8-21(9-6-15)18(24)20-16-4-3-7-19-10-16/h3-4,7,10,13-15H,5-6,8-9,11-12H2,1-2H3,(H,20,24)/t13-,14-/m0/s1. The average Bonchev–Trinajstić information content (AvgIpc) is 2.61. The maximum atomic E-state index is 12.8. The normalized spacial score (nSPS) is 24.9. The molecular formula is C18H26N4O3. The Kier molecular flexibility index (Phi) is 5.53. The third kappa shape index (κ3) is 4.48. The van der Waals surface area contributed by atoms with Crippen LogP contribution in [0.3, 0.4) is 0 Å². The molecule has 25 heavy (non-hydrogen) atoms. The number of piperidine rings is 1. The summed E-state index contributed by atoms with van der Waals surface area (Å²) in [6.07, 6.45) is 4.87. The second-order valence-corrected chi connectivity index (χ2v) is 6.93. The molecule has 3 heterocycles. The Bertz CT molecular complexity index is 592. The van der Waals surface area contributed by atoms with E-state index in [0.717, 1.165) is 0 Å². The van der Waals surface area contributed by atoms with Crippen molar-refractivity contribution in [2.24, 2.45) is 5.92 Å². The molecule has 2 saturated heterocycles. The predicted octanol–water partition coefficient (Wildman–Crippen LogP) is 1.96. The quantitative estimate of drug-likeness (QED) is 0.888. The number of likely N-dealkylation sites (tertiary alicyclic amines) is 1. The first-order valence-electron chi connectivity index (χ1n) is 8.93. The molecule has 2 aliphatic heterocycles. The fourth-order valence-electron chi connectivity index (χ4n) is 3.58. The molecule has 0 aromatic carbocycles. The molecule has 2 aliphatic rings. The molecule has 0 spiro atoms. The molecule has 3 rings (SSSR count). The number of hydrogen-bond donors (Lipinski definition) is 1. The molecule has 0 saturated carbocycles. The number of anilines is 1. The molecule has 2 atom stereocenters. The van der Waals surface area contributed by atoms with Crippen LogP contribution in [0.1, 0.15) is 26.7 Å². The van der Waals surface area contributed by atoms with Crippen molar-refractivity contribution in [3.05, 3.63) is 24.5 Å². The van der Waals surface area contributed by atoms with Crippen LogP contribution in [0.4, 0.5) is 10.5 Å². The van der Waals surface area contributed by atoms with Gasteiger partial charge in [-0.3, -0.25) is 9.78 Å². The Balaban J connectivity index is 1.49. The van der Waals surface area contributed by atoms with Crippen molar-refractivity contribution in [3.63, 3.8) is 0 Å². The Morgan fingerprint density at radius 1 is 1.16 bits per heavy atom. The highest BCUT2D eigenvalue weighted by Crippen LogP contribution is 2.22. The number of urea groups is 1. The number of nitrogens with one attached hydrogen (secondary N) is 1. The number of amides is 3. The van der Waals surface area contributed by atoms with Crippen LogP contribution in [-0.2, 0) is 9.53 Å². The molecule has 0 bridgehead atoms. The van der Waals surface area contributed by atoms with Crippen molar-refractivity contribution >= 4 is 17.6 Å². The van der Waals surface area contributed by atoms with E-state index in [4.69, 9.17) is 4.74 Å². The number of carbonyl (C=O) groups is 2. The minimum atomic E-state index is -0.132. The van der Waals surface area contributed by atoms with E-state index in [9.17, 15) is 9.59 Å². The highest BCUT2D eigenvalue weighted by atomic mass is 16.5. The third-order valence-corrected chi connectivity index (χ3v) is 4.78. The summed E-state index contributed by atoms with van der Waals surface area (Å²) in [5, 5.41) is 2.84. The molecule has 3 amide bonds. The monoisotopic (exact) mass is 346 g/mol. The van der Waals surface area contributed by atoms with Gasteiger partial charge < -0.3 is 19.9 Å². The average molecular weight is 346 g/mol. The van der Waals surface area contributed by atoms with E-state index in [1.54, 1.807) is 23.4 Å². The highest BCUT2D eigenvalue weighted by Gasteiger charge is 2.33. The Hall–Kier alpha value is -2.15. The van der Waals surface area contributed by atoms with Crippen LogP contribution in [-0.4, -0.2) is 65.1 Å². The van der Waals surface area contributed by atoms with E-state index in [2.05, 4.69) is 10.3 Å². The summed E-state index contributed by atoms with van der Waals surface area (Å²) in [7, 11) is 0. The van der Waals surface area contributed by atoms with Crippen molar-refractivity contribution in [1.82, 2.24) is 14.8 Å². The van der Waals surface area contributed by atoms with Gasteiger partial charge in [-0.15, -0.1) is 0 Å². The maximum absolute atomic E-state index is 12.8. The summed E-state index contributed by atoms with van der Waals surface area (Å²) in [5.74, 6) is 0.203. The number of hydrogen-bond acceptors (Lipinski definition) is 4. The second-order valence-electron chi connectivity index (χ2n) is 6.93. The third-order valence-electron chi connectivity index (χ3n) is 4.78. The first kappa shape index (κ1) is 17.7. The smallest absolute Gasteiger partial charge is 0.321 e. The van der Waals surface area contributed by atoms with Crippen molar-refractivity contribution in [3.8, 4) is 0 Å². The zero-order valence-corrected chi connectivity index (χ0v) is 14.9. The highest BCUT2D eigenvalue weighted by molar-refractivity contribution is 5.89. The Morgan fingerprint density at radius 3 is 2.44 bits per heavy atom. The van der Waals surface area contributed by atoms with Crippen LogP contribution in [0.2, 0.25) is 0 Å². The number of rotatable bonds is 2. The minimum Gasteiger partial charge on any atom is -0.372 e. The zero-order chi connectivity index (χ0) is 17.8. The van der Waals surface area contributed by atoms with E-state index in [1.165, 1.54) is 0 Å². The summed E-state index contributed by atoms with van der Waals surface area (Å²) < 4.78 is 5.70. The SMILES string of the molecule is C[C@H]1CN(C(=O)C2CCN(C(=O)Nc3cccnc3)CC2)C[C@H](C)O1. The van der Waals surface area contributed by atoms with Gasteiger partial charge in [0.05, 0.1) is 24.1 Å². The van der Waals surface area contributed by atoms with E-state index < -0.39 is 0 Å². The number of aromatic nitrogens is 1. The molecular weight excluding hydrogens is 320 g/mol. The zero-order valence-electron chi connectivity index (χ0n) is 14.9. The lowest BCUT2D eigenvalue weighted by Gasteiger charge is -2.39. The number of pyridine rings is 1. The van der Waals surface area contributed by atoms with E-state index in [0.29, 0.717) is 44.7 Å². The molecule has 0 unspecified atom stereocenters. The van der Waals surface area contributed by atoms with Gasteiger partial charge in [0, 0.05) is 38.3 Å². The topological polar surface area (TPSA) is 74.8 Å². The van der Waals surface area contributed by atoms with Gasteiger partial charge in [0.15, 0.2) is 0 Å². The molecule has 1 aromatic heterocycles. The van der Waals surface area contributed by atoms with Crippen LogP contribution in [0, 0.1) is 5.92 Å². The van der Waals surface area contributed by atoms with Crippen LogP contribution in [0.15, 0.2) is 24.5 Å². The van der Waals surface area contributed by atoms with Crippen molar-refractivity contribution in [1.29, 1.82) is 0 Å². The summed E-state index contributed by atoms with van der Waals surface area (Å²) >= 11 is 0. The van der Waals surface area contributed by atoms with Crippen LogP contribution < -0.4 is 5.32 Å². The van der Waals surface area contributed by atoms with Crippen LogP contribution >= 0.6 is 0 Å². The molecule has 2 fully saturated rings. The first-order valence-corrected chi connectivity index (χ1v) is 8.93. The van der Waals surface area contributed by atoms with Crippen molar-refractivity contribution in [2.45, 2.75) is 38.9 Å². The van der Waals surface area contributed by atoms with Crippen molar-refractivity contribution in [2.75, 3.05) is 31.5 Å². The molecule has 0 radical (unpaired) electrons.